The van der Waals surface area contributed by atoms with Gasteiger partial charge in [0.1, 0.15) is 0 Å². The average Bonchev–Trinajstić information content (AvgIpc) is 2.57. The molecule has 1 N–H and O–H groups in total. The van der Waals surface area contributed by atoms with Crippen LogP contribution in [-0.2, 0) is 0 Å². The van der Waals surface area contributed by atoms with Crippen LogP contribution in [0.4, 0.5) is 5.95 Å². The Labute approximate surface area is 123 Å². The van der Waals surface area contributed by atoms with Crippen molar-refractivity contribution in [3.8, 4) is 17.2 Å². The molecular weight excluding hydrogens is 268 g/mol. The van der Waals surface area contributed by atoms with Crippen LogP contribution >= 0.6 is 0 Å². The fraction of sp³-hybridized carbons (Fsp3) is 0.333. The van der Waals surface area contributed by atoms with Gasteiger partial charge in [-0.25, -0.2) is 9.97 Å². The number of para-hydroxylation sites is 2. The summed E-state index contributed by atoms with van der Waals surface area (Å²) in [7, 11) is 1.62. The zero-order valence-corrected chi connectivity index (χ0v) is 12.0. The van der Waals surface area contributed by atoms with Crippen molar-refractivity contribution in [1.82, 2.24) is 15.3 Å². The lowest BCUT2D eigenvalue weighted by molar-refractivity contribution is 0.378. The van der Waals surface area contributed by atoms with E-state index in [2.05, 4.69) is 20.2 Å². The van der Waals surface area contributed by atoms with Crippen LogP contribution in [0.1, 0.15) is 0 Å². The van der Waals surface area contributed by atoms with Gasteiger partial charge >= 0.3 is 0 Å². The number of piperazine rings is 1. The van der Waals surface area contributed by atoms with E-state index >= 15 is 0 Å². The van der Waals surface area contributed by atoms with Crippen LogP contribution in [-0.4, -0.2) is 43.3 Å². The van der Waals surface area contributed by atoms with Gasteiger partial charge in [-0.1, -0.05) is 12.1 Å². The van der Waals surface area contributed by atoms with Gasteiger partial charge in [-0.05, 0) is 12.1 Å². The minimum atomic E-state index is 0.596. The summed E-state index contributed by atoms with van der Waals surface area (Å²) in [5.41, 5.74) is 0. The largest absolute Gasteiger partial charge is 0.493 e. The second kappa shape index (κ2) is 6.41. The van der Waals surface area contributed by atoms with Crippen molar-refractivity contribution in [2.24, 2.45) is 0 Å². The Balaban J connectivity index is 1.72. The molecule has 0 saturated carbocycles. The van der Waals surface area contributed by atoms with Gasteiger partial charge in [0, 0.05) is 26.2 Å². The molecule has 0 aliphatic carbocycles. The number of nitrogens with zero attached hydrogens (tertiary/aromatic N) is 3. The van der Waals surface area contributed by atoms with Crippen molar-refractivity contribution in [1.29, 1.82) is 0 Å². The number of nitrogens with one attached hydrogen (secondary N) is 1. The van der Waals surface area contributed by atoms with Crippen LogP contribution in [0.15, 0.2) is 36.7 Å². The standard InChI is InChI=1S/C15H18N4O2/c1-20-13-4-2-3-5-14(13)21-12-10-17-15(18-11-12)19-8-6-16-7-9-19/h2-5,10-11,16H,6-9H2,1H3. The van der Waals surface area contributed by atoms with Crippen molar-refractivity contribution < 1.29 is 9.47 Å². The second-order valence-corrected chi connectivity index (χ2v) is 4.71. The van der Waals surface area contributed by atoms with E-state index < -0.39 is 0 Å². The quantitative estimate of drug-likeness (QED) is 0.923. The predicted molar refractivity (Wildman–Crippen MR) is 80.2 cm³/mol. The monoisotopic (exact) mass is 286 g/mol. The lowest BCUT2D eigenvalue weighted by atomic mass is 10.3. The summed E-state index contributed by atoms with van der Waals surface area (Å²) >= 11 is 0. The maximum absolute atomic E-state index is 5.76. The van der Waals surface area contributed by atoms with Gasteiger partial charge in [0.15, 0.2) is 17.2 Å². The summed E-state index contributed by atoms with van der Waals surface area (Å²) in [6, 6.07) is 7.50. The fourth-order valence-corrected chi connectivity index (χ4v) is 2.22. The third kappa shape index (κ3) is 3.22. The Morgan fingerprint density at radius 2 is 1.71 bits per heavy atom. The number of hydrogen-bond donors (Lipinski definition) is 1. The Hall–Kier alpha value is -2.34. The van der Waals surface area contributed by atoms with E-state index in [1.807, 2.05) is 24.3 Å². The van der Waals surface area contributed by atoms with Gasteiger partial charge in [0.05, 0.1) is 19.5 Å². The maximum Gasteiger partial charge on any atom is 0.225 e. The number of benzene rings is 1. The molecule has 21 heavy (non-hydrogen) atoms. The molecule has 1 fully saturated rings. The molecule has 6 heteroatoms. The van der Waals surface area contributed by atoms with Gasteiger partial charge in [0.25, 0.3) is 0 Å². The third-order valence-corrected chi connectivity index (χ3v) is 3.31. The van der Waals surface area contributed by atoms with Gasteiger partial charge in [-0.3, -0.25) is 0 Å². The highest BCUT2D eigenvalue weighted by Gasteiger charge is 2.13. The van der Waals surface area contributed by atoms with Crippen molar-refractivity contribution in [2.45, 2.75) is 0 Å². The van der Waals surface area contributed by atoms with E-state index in [0.29, 0.717) is 17.2 Å². The number of methoxy groups -OCH3 is 1. The molecule has 1 aliphatic heterocycles. The Morgan fingerprint density at radius 3 is 2.38 bits per heavy atom. The van der Waals surface area contributed by atoms with Crippen LogP contribution in [0, 0.1) is 0 Å². The highest BCUT2D eigenvalue weighted by molar-refractivity contribution is 5.42. The second-order valence-electron chi connectivity index (χ2n) is 4.71. The Morgan fingerprint density at radius 1 is 1.05 bits per heavy atom. The smallest absolute Gasteiger partial charge is 0.225 e. The summed E-state index contributed by atoms with van der Waals surface area (Å²) in [6.45, 7) is 3.77. The average molecular weight is 286 g/mol. The zero-order valence-electron chi connectivity index (χ0n) is 12.0. The summed E-state index contributed by atoms with van der Waals surface area (Å²) in [4.78, 5) is 10.9. The first kappa shape index (κ1) is 13.6. The minimum absolute atomic E-state index is 0.596. The first-order chi connectivity index (χ1) is 10.4. The molecule has 1 aromatic carbocycles. The molecule has 0 amide bonds. The van der Waals surface area contributed by atoms with Gasteiger partial charge < -0.3 is 19.7 Å². The van der Waals surface area contributed by atoms with Gasteiger partial charge in [-0.2, -0.15) is 0 Å². The molecule has 6 nitrogen and oxygen atoms in total. The molecular formula is C15H18N4O2. The normalized spacial score (nSPS) is 14.8. The third-order valence-electron chi connectivity index (χ3n) is 3.31. The highest BCUT2D eigenvalue weighted by Crippen LogP contribution is 2.30. The van der Waals surface area contributed by atoms with E-state index in [1.54, 1.807) is 19.5 Å². The fourth-order valence-electron chi connectivity index (χ4n) is 2.22. The first-order valence-corrected chi connectivity index (χ1v) is 6.95. The Kier molecular flexibility index (Phi) is 4.16. The number of hydrogen-bond acceptors (Lipinski definition) is 6. The maximum atomic E-state index is 5.76. The predicted octanol–water partition coefficient (Wildman–Crippen LogP) is 1.69. The van der Waals surface area contributed by atoms with Crippen LogP contribution < -0.4 is 19.7 Å². The van der Waals surface area contributed by atoms with E-state index in [9.17, 15) is 0 Å². The lowest BCUT2D eigenvalue weighted by Crippen LogP contribution is -2.44. The molecule has 0 bridgehead atoms. The number of anilines is 1. The van der Waals surface area contributed by atoms with Crippen molar-refractivity contribution in [3.63, 3.8) is 0 Å². The number of aromatic nitrogens is 2. The molecule has 0 radical (unpaired) electrons. The van der Waals surface area contributed by atoms with Gasteiger partial charge in [0.2, 0.25) is 5.95 Å². The summed E-state index contributed by atoms with van der Waals surface area (Å²) < 4.78 is 11.0. The lowest BCUT2D eigenvalue weighted by Gasteiger charge is -2.27. The molecule has 2 aromatic rings. The van der Waals surface area contributed by atoms with Crippen molar-refractivity contribution >= 4 is 5.95 Å². The van der Waals surface area contributed by atoms with Crippen LogP contribution in [0.5, 0.6) is 17.2 Å². The molecule has 2 heterocycles. The summed E-state index contributed by atoms with van der Waals surface area (Å²) in [5, 5.41) is 3.31. The molecule has 0 unspecified atom stereocenters. The molecule has 0 spiro atoms. The first-order valence-electron chi connectivity index (χ1n) is 6.95. The van der Waals surface area contributed by atoms with Crippen molar-refractivity contribution in [3.05, 3.63) is 36.7 Å². The van der Waals surface area contributed by atoms with Crippen LogP contribution in [0.2, 0.25) is 0 Å². The zero-order chi connectivity index (χ0) is 14.5. The van der Waals surface area contributed by atoms with E-state index in [1.165, 1.54) is 0 Å². The summed E-state index contributed by atoms with van der Waals surface area (Å²) in [5.74, 6) is 2.67. The number of rotatable bonds is 4. The molecule has 1 aliphatic rings. The highest BCUT2D eigenvalue weighted by atomic mass is 16.5. The molecule has 3 rings (SSSR count). The van der Waals surface area contributed by atoms with E-state index in [0.717, 1.165) is 32.1 Å². The minimum Gasteiger partial charge on any atom is -0.493 e. The van der Waals surface area contributed by atoms with Crippen LogP contribution in [0.3, 0.4) is 0 Å². The van der Waals surface area contributed by atoms with Gasteiger partial charge in [-0.15, -0.1) is 0 Å². The SMILES string of the molecule is COc1ccccc1Oc1cnc(N2CCNCC2)nc1. The van der Waals surface area contributed by atoms with E-state index in [4.69, 9.17) is 9.47 Å². The van der Waals surface area contributed by atoms with E-state index in [-0.39, 0.29) is 0 Å². The molecule has 1 aromatic heterocycles. The van der Waals surface area contributed by atoms with Crippen LogP contribution in [0.25, 0.3) is 0 Å². The number of ether oxygens (including phenoxy) is 2. The summed E-state index contributed by atoms with van der Waals surface area (Å²) in [6.07, 6.45) is 3.38. The molecule has 110 valence electrons. The van der Waals surface area contributed by atoms with Crippen molar-refractivity contribution in [2.75, 3.05) is 38.2 Å². The Bertz CT molecular complexity index is 582. The molecule has 1 saturated heterocycles. The topological polar surface area (TPSA) is 59.5 Å². The molecule has 0 atom stereocenters.